The summed E-state index contributed by atoms with van der Waals surface area (Å²) in [6.07, 6.45) is -1.33. The number of ether oxygens (including phenoxy) is 5. The monoisotopic (exact) mass is 350 g/mol. The van der Waals surface area contributed by atoms with E-state index in [2.05, 4.69) is 0 Å². The number of hydrogen-bond acceptors (Lipinski definition) is 6. The van der Waals surface area contributed by atoms with Gasteiger partial charge in [0, 0.05) is 0 Å². The van der Waals surface area contributed by atoms with Crippen LogP contribution in [-0.4, -0.2) is 48.9 Å². The Morgan fingerprint density at radius 3 is 2.44 bits per heavy atom. The number of benzene rings is 1. The average Bonchev–Trinajstić information content (AvgIpc) is 3.07. The van der Waals surface area contributed by atoms with E-state index >= 15 is 0 Å². The summed E-state index contributed by atoms with van der Waals surface area (Å²) in [4.78, 5) is 11.5. The highest BCUT2D eigenvalue weighted by molar-refractivity contribution is 5.58. The molecule has 2 fully saturated rings. The van der Waals surface area contributed by atoms with Crippen LogP contribution in [0, 0.1) is 0 Å². The van der Waals surface area contributed by atoms with Gasteiger partial charge in [-0.15, -0.1) is 0 Å². The maximum Gasteiger partial charge on any atom is 0.164 e. The molecule has 0 radical (unpaired) electrons. The first-order chi connectivity index (χ1) is 11.8. The molecule has 2 aliphatic rings. The Labute approximate surface area is 148 Å². The molecular formula is C19H26O6. The molecule has 4 atom stereocenters. The van der Waals surface area contributed by atoms with E-state index in [4.69, 9.17) is 23.7 Å². The quantitative estimate of drug-likeness (QED) is 0.735. The Kier molecular flexibility index (Phi) is 5.27. The van der Waals surface area contributed by atoms with Crippen molar-refractivity contribution in [3.05, 3.63) is 35.9 Å². The smallest absolute Gasteiger partial charge is 0.164 e. The Balaban J connectivity index is 1.78. The van der Waals surface area contributed by atoms with Gasteiger partial charge in [0.05, 0.1) is 13.2 Å². The first-order valence-corrected chi connectivity index (χ1v) is 8.58. The summed E-state index contributed by atoms with van der Waals surface area (Å²) in [6.45, 7) is 8.04. The summed E-state index contributed by atoms with van der Waals surface area (Å²) in [5.41, 5.74) is 1.03. The van der Waals surface area contributed by atoms with Crippen LogP contribution in [-0.2, 0) is 35.1 Å². The Morgan fingerprint density at radius 2 is 1.84 bits per heavy atom. The maximum atomic E-state index is 11.5. The normalized spacial score (nSPS) is 31.8. The van der Waals surface area contributed by atoms with Gasteiger partial charge in [-0.2, -0.15) is 0 Å². The number of hydrogen-bond donors (Lipinski definition) is 0. The fourth-order valence-electron chi connectivity index (χ4n) is 3.23. The highest BCUT2D eigenvalue weighted by atomic mass is 16.8. The predicted octanol–water partition coefficient (Wildman–Crippen LogP) is 2.44. The summed E-state index contributed by atoms with van der Waals surface area (Å²) in [6, 6.07) is 9.84. The number of carbonyl (C=O) groups is 1. The molecule has 2 saturated heterocycles. The third-order valence-corrected chi connectivity index (χ3v) is 4.30. The minimum absolute atomic E-state index is 0.344. The summed E-state index contributed by atoms with van der Waals surface area (Å²) in [5, 5.41) is 0. The van der Waals surface area contributed by atoms with E-state index in [0.717, 1.165) is 11.8 Å². The molecule has 2 aliphatic heterocycles. The maximum absolute atomic E-state index is 11.5. The van der Waals surface area contributed by atoms with Crippen LogP contribution in [0.2, 0.25) is 0 Å². The van der Waals surface area contributed by atoms with Gasteiger partial charge in [-0.25, -0.2) is 0 Å². The minimum atomic E-state index is -0.848. The summed E-state index contributed by atoms with van der Waals surface area (Å²) < 4.78 is 29.5. The first-order valence-electron chi connectivity index (χ1n) is 8.58. The molecule has 6 heteroatoms. The Bertz CT molecular complexity index is 585. The van der Waals surface area contributed by atoms with Crippen molar-refractivity contribution in [2.24, 2.45) is 0 Å². The molecule has 138 valence electrons. The number of rotatable bonds is 6. The molecule has 2 heterocycles. The molecule has 0 N–H and O–H groups in total. The van der Waals surface area contributed by atoms with Gasteiger partial charge in [-0.3, -0.25) is 0 Å². The highest BCUT2D eigenvalue weighted by Crippen LogP contribution is 2.35. The van der Waals surface area contributed by atoms with Crippen LogP contribution in [0.3, 0.4) is 0 Å². The zero-order valence-corrected chi connectivity index (χ0v) is 15.1. The molecule has 0 amide bonds. The van der Waals surface area contributed by atoms with Crippen molar-refractivity contribution in [2.75, 3.05) is 6.61 Å². The highest BCUT2D eigenvalue weighted by Gasteiger charge is 2.51. The standard InChI is InChI=1S/C19H26O6/c1-18(2)22-12-15(24-18)16(21-11-13-8-6-5-7-9-13)17-14(10-20)23-19(3,4)25-17/h5-10,14-17H,11-12H2,1-4H3/t14-,15-,16-,17-/m0/s1. The fourth-order valence-corrected chi connectivity index (χ4v) is 3.23. The van der Waals surface area contributed by atoms with E-state index in [9.17, 15) is 4.79 Å². The van der Waals surface area contributed by atoms with Gasteiger partial charge in [0.25, 0.3) is 0 Å². The molecule has 0 unspecified atom stereocenters. The second-order valence-corrected chi connectivity index (χ2v) is 7.33. The van der Waals surface area contributed by atoms with Crippen LogP contribution >= 0.6 is 0 Å². The van der Waals surface area contributed by atoms with Gasteiger partial charge >= 0.3 is 0 Å². The van der Waals surface area contributed by atoms with Crippen molar-refractivity contribution in [1.29, 1.82) is 0 Å². The Hall–Kier alpha value is -1.31. The summed E-state index contributed by atoms with van der Waals surface area (Å²) in [5.74, 6) is -1.54. The molecule has 6 nitrogen and oxygen atoms in total. The SMILES string of the molecule is CC1(C)O[C@H]([C@@H](OCc2ccccc2)[C@@H]2COC(C)(C)O2)[C@H](C=O)O1. The zero-order chi connectivity index (χ0) is 18.1. The third kappa shape index (κ3) is 4.46. The molecule has 25 heavy (non-hydrogen) atoms. The van der Waals surface area contributed by atoms with Crippen molar-refractivity contribution in [3.63, 3.8) is 0 Å². The van der Waals surface area contributed by atoms with Gasteiger partial charge in [0.1, 0.15) is 24.4 Å². The molecular weight excluding hydrogens is 324 g/mol. The summed E-state index contributed by atoms with van der Waals surface area (Å²) in [7, 11) is 0. The third-order valence-electron chi connectivity index (χ3n) is 4.30. The van der Waals surface area contributed by atoms with Crippen LogP contribution in [0.5, 0.6) is 0 Å². The van der Waals surface area contributed by atoms with Gasteiger partial charge < -0.3 is 28.5 Å². The summed E-state index contributed by atoms with van der Waals surface area (Å²) >= 11 is 0. The predicted molar refractivity (Wildman–Crippen MR) is 89.8 cm³/mol. The van der Waals surface area contributed by atoms with E-state index < -0.39 is 29.9 Å². The van der Waals surface area contributed by atoms with Gasteiger partial charge in [0.2, 0.25) is 0 Å². The largest absolute Gasteiger partial charge is 0.368 e. The van der Waals surface area contributed by atoms with E-state index in [1.165, 1.54) is 0 Å². The fraction of sp³-hybridized carbons (Fsp3) is 0.632. The van der Waals surface area contributed by atoms with Gasteiger partial charge in [0.15, 0.2) is 17.9 Å². The second kappa shape index (κ2) is 7.13. The minimum Gasteiger partial charge on any atom is -0.368 e. The average molecular weight is 350 g/mol. The van der Waals surface area contributed by atoms with E-state index in [1.54, 1.807) is 13.8 Å². The molecule has 1 aromatic carbocycles. The molecule has 1 aromatic rings. The van der Waals surface area contributed by atoms with E-state index in [0.29, 0.717) is 13.2 Å². The topological polar surface area (TPSA) is 63.2 Å². The molecule has 3 rings (SSSR count). The Morgan fingerprint density at radius 1 is 1.12 bits per heavy atom. The molecule has 0 bridgehead atoms. The van der Waals surface area contributed by atoms with Crippen molar-refractivity contribution in [2.45, 2.75) is 70.3 Å². The zero-order valence-electron chi connectivity index (χ0n) is 15.1. The lowest BCUT2D eigenvalue weighted by Gasteiger charge is -2.30. The van der Waals surface area contributed by atoms with Crippen molar-refractivity contribution in [1.82, 2.24) is 0 Å². The van der Waals surface area contributed by atoms with E-state index in [-0.39, 0.29) is 6.10 Å². The number of carbonyl (C=O) groups excluding carboxylic acids is 1. The van der Waals surface area contributed by atoms with Crippen LogP contribution in [0.4, 0.5) is 0 Å². The second-order valence-electron chi connectivity index (χ2n) is 7.33. The van der Waals surface area contributed by atoms with E-state index in [1.807, 2.05) is 44.2 Å². The molecule has 0 saturated carbocycles. The van der Waals surface area contributed by atoms with Crippen molar-refractivity contribution < 1.29 is 28.5 Å². The molecule has 0 spiro atoms. The van der Waals surface area contributed by atoms with Crippen LogP contribution < -0.4 is 0 Å². The van der Waals surface area contributed by atoms with Crippen LogP contribution in [0.1, 0.15) is 33.3 Å². The van der Waals surface area contributed by atoms with Crippen LogP contribution in [0.15, 0.2) is 30.3 Å². The van der Waals surface area contributed by atoms with Gasteiger partial charge in [-0.05, 0) is 33.3 Å². The lowest BCUT2D eigenvalue weighted by molar-refractivity contribution is -0.190. The lowest BCUT2D eigenvalue weighted by Crippen LogP contribution is -2.47. The van der Waals surface area contributed by atoms with Crippen molar-refractivity contribution >= 4 is 6.29 Å². The van der Waals surface area contributed by atoms with Gasteiger partial charge in [-0.1, -0.05) is 30.3 Å². The number of aldehydes is 1. The molecule has 0 aromatic heterocycles. The lowest BCUT2D eigenvalue weighted by atomic mass is 10.0. The van der Waals surface area contributed by atoms with Crippen LogP contribution in [0.25, 0.3) is 0 Å². The van der Waals surface area contributed by atoms with Crippen molar-refractivity contribution in [3.8, 4) is 0 Å². The first kappa shape index (κ1) is 18.5. The molecule has 0 aliphatic carbocycles.